The molecule has 2 saturated heterocycles. The summed E-state index contributed by atoms with van der Waals surface area (Å²) in [4.78, 5) is 170. The summed E-state index contributed by atoms with van der Waals surface area (Å²) in [5.74, 6) is -3.71. The van der Waals surface area contributed by atoms with Crippen LogP contribution in [0.5, 0.6) is 0 Å². The molecule has 2 unspecified atom stereocenters. The lowest BCUT2D eigenvalue weighted by Gasteiger charge is -2.36. The highest BCUT2D eigenvalue weighted by molar-refractivity contribution is 8.00. The quantitative estimate of drug-likeness (QED) is 0.0347. The number of carbonyl (C=O) groups excluding carboxylic acids is 12. The Kier molecular flexibility index (Phi) is 33.3. The van der Waals surface area contributed by atoms with Crippen LogP contribution < -0.4 is 31.9 Å². The Labute approximate surface area is 533 Å². The van der Waals surface area contributed by atoms with Gasteiger partial charge in [0.1, 0.15) is 18.1 Å². The molecule has 88 heavy (non-hydrogen) atoms. The summed E-state index contributed by atoms with van der Waals surface area (Å²) < 4.78 is 0. The number of nitrogens with two attached hydrogens (primary N) is 1. The number of rotatable bonds is 40. The van der Waals surface area contributed by atoms with Gasteiger partial charge < -0.3 is 71.1 Å². The van der Waals surface area contributed by atoms with E-state index in [2.05, 4.69) is 26.2 Å². The molecule has 29 heteroatoms. The van der Waals surface area contributed by atoms with E-state index in [9.17, 15) is 57.5 Å². The predicted molar refractivity (Wildman–Crippen MR) is 339 cm³/mol. The van der Waals surface area contributed by atoms with Crippen molar-refractivity contribution < 1.29 is 57.5 Å². The molecule has 2 fully saturated rings. The molecule has 0 spiro atoms. The topological polar surface area (TPSA) is 308 Å². The van der Waals surface area contributed by atoms with E-state index in [-0.39, 0.29) is 106 Å². The fraction of sp³-hybridized carbons (Fsp3) is 0.695. The van der Waals surface area contributed by atoms with Gasteiger partial charge in [-0.15, -0.1) is 23.2 Å². The minimum atomic E-state index is -1.19. The Bertz CT molecular complexity index is 2530. The number of likely N-dealkylation sites (N-methyl/N-ethyl adjacent to an activating group) is 4. The number of unbranched alkanes of at least 4 members (excludes halogenated alkanes) is 2. The molecule has 6 atom stereocenters. The van der Waals surface area contributed by atoms with Crippen molar-refractivity contribution in [3.63, 3.8) is 0 Å². The Morgan fingerprint density at radius 2 is 1.11 bits per heavy atom. The van der Waals surface area contributed by atoms with Crippen LogP contribution in [0.3, 0.4) is 0 Å². The number of primary amides is 1. The van der Waals surface area contributed by atoms with Gasteiger partial charge in [0.15, 0.2) is 0 Å². The van der Waals surface area contributed by atoms with E-state index in [1.54, 1.807) is 18.8 Å². The van der Waals surface area contributed by atoms with E-state index in [1.807, 2.05) is 24.3 Å². The lowest BCUT2D eigenvalue weighted by atomic mass is 10.0. The Morgan fingerprint density at radius 3 is 1.70 bits per heavy atom. The number of hydrogen-bond donors (Lipinski definition) is 5. The maximum absolute atomic E-state index is 14.4. The monoisotopic (exact) mass is 1290 g/mol. The molecular weight excluding hydrogens is 1200 g/mol. The number of fused-ring (bicyclic) bond motifs is 1. The van der Waals surface area contributed by atoms with E-state index in [1.165, 1.54) is 87.3 Å². The lowest BCUT2D eigenvalue weighted by Crippen LogP contribution is -2.57. The van der Waals surface area contributed by atoms with Crippen molar-refractivity contribution in [3.8, 4) is 0 Å². The van der Waals surface area contributed by atoms with Crippen LogP contribution in [0.15, 0.2) is 24.3 Å². The summed E-state index contributed by atoms with van der Waals surface area (Å²) in [5, 5.41) is 11.8. The van der Waals surface area contributed by atoms with E-state index < -0.39 is 79.1 Å². The fourth-order valence-corrected chi connectivity index (χ4v) is 11.9. The molecule has 494 valence electrons. The average molecular weight is 1300 g/mol. The molecule has 2 aliphatic heterocycles. The zero-order valence-electron chi connectivity index (χ0n) is 53.1. The molecule has 2 heterocycles. The molecule has 0 aromatic heterocycles. The molecular formula is C59H96Cl2N14O12S. The van der Waals surface area contributed by atoms with Gasteiger partial charge in [-0.25, -0.2) is 4.79 Å². The first kappa shape index (κ1) is 75.6. The number of aryl methyl sites for hydroxylation is 1. The zero-order chi connectivity index (χ0) is 65.8. The van der Waals surface area contributed by atoms with Crippen LogP contribution in [0.25, 0.3) is 0 Å². The number of thioether (sulfide) groups is 1. The molecule has 3 rings (SSSR count). The fourth-order valence-electron chi connectivity index (χ4n) is 9.91. The largest absolute Gasteiger partial charge is 0.369 e. The molecule has 6 N–H and O–H groups in total. The van der Waals surface area contributed by atoms with Crippen LogP contribution in [0.1, 0.15) is 98.0 Å². The first-order valence-corrected chi connectivity index (χ1v) is 32.3. The molecule has 0 radical (unpaired) electrons. The minimum absolute atomic E-state index is 0.00234. The molecule has 0 aliphatic carbocycles. The van der Waals surface area contributed by atoms with E-state index in [0.717, 1.165) is 44.5 Å². The number of nitrogens with one attached hydrogen (secondary N) is 4. The van der Waals surface area contributed by atoms with Gasteiger partial charge in [0, 0.05) is 156 Å². The first-order chi connectivity index (χ1) is 41.6. The van der Waals surface area contributed by atoms with Crippen LogP contribution in [-0.4, -0.2) is 277 Å². The normalized spacial score (nSPS) is 15.9. The van der Waals surface area contributed by atoms with Crippen molar-refractivity contribution in [3.05, 3.63) is 29.8 Å². The number of hydrogen-bond acceptors (Lipinski definition) is 14. The van der Waals surface area contributed by atoms with Gasteiger partial charge in [0.05, 0.1) is 31.7 Å². The SMILES string of the molecule is CC(=O)N(C)CCCCN(CC(N)=O)C(=O)[C@H](C)N(C)C(=O)[C@H](C)N(C)C(=O)[C@H](C)N(C)C(=O)CN(CCN(C)C(C)=O)C(=O)CN(CCNC(=O)CCCC[C@H]1SCC2NC(=O)NC21)C(=O)CCNC(=O)CCCc1ccc(N(CCCl)CCCl)cc1. The summed E-state index contributed by atoms with van der Waals surface area (Å²) in [5.41, 5.74) is 7.50. The number of benzene rings is 1. The number of alkyl halides is 2. The maximum Gasteiger partial charge on any atom is 0.315 e. The second-order valence-electron chi connectivity index (χ2n) is 22.6. The number of amides is 13. The van der Waals surface area contributed by atoms with Crippen molar-refractivity contribution in [2.45, 2.75) is 134 Å². The summed E-state index contributed by atoms with van der Waals surface area (Å²) in [6.07, 6.45) is 4.52. The summed E-state index contributed by atoms with van der Waals surface area (Å²) in [6, 6.07) is 4.54. The van der Waals surface area contributed by atoms with Gasteiger partial charge in [-0.1, -0.05) is 18.6 Å². The molecule has 1 aromatic carbocycles. The smallest absolute Gasteiger partial charge is 0.315 e. The number of anilines is 1. The highest BCUT2D eigenvalue weighted by Crippen LogP contribution is 2.33. The van der Waals surface area contributed by atoms with Crippen molar-refractivity contribution >= 4 is 112 Å². The third kappa shape index (κ3) is 25.1. The molecule has 13 amide bonds. The number of nitrogens with zero attached hydrogens (tertiary/aromatic N) is 9. The predicted octanol–water partition coefficient (Wildman–Crippen LogP) is 0.890. The Balaban J connectivity index is 1.70. The van der Waals surface area contributed by atoms with Crippen LogP contribution >= 0.6 is 35.0 Å². The molecule has 2 aliphatic rings. The third-order valence-electron chi connectivity index (χ3n) is 16.2. The average Bonchev–Trinajstić information content (AvgIpc) is 4.23. The summed E-state index contributed by atoms with van der Waals surface area (Å²) in [7, 11) is 7.28. The van der Waals surface area contributed by atoms with E-state index in [4.69, 9.17) is 28.9 Å². The van der Waals surface area contributed by atoms with Gasteiger partial charge >= 0.3 is 6.03 Å². The summed E-state index contributed by atoms with van der Waals surface area (Å²) in [6.45, 7) is 7.18. The van der Waals surface area contributed by atoms with Gasteiger partial charge in [-0.05, 0) is 77.0 Å². The van der Waals surface area contributed by atoms with Crippen molar-refractivity contribution in [2.75, 3.05) is 136 Å². The van der Waals surface area contributed by atoms with E-state index in [0.29, 0.717) is 63.5 Å². The van der Waals surface area contributed by atoms with Crippen molar-refractivity contribution in [2.24, 2.45) is 5.73 Å². The highest BCUT2D eigenvalue weighted by Gasteiger charge is 2.43. The standard InChI is InChI=1S/C59H96Cl2N14O12S/c1-40(56(84)70(9)41(2)57(85)71(10)42(3)58(86)75(36-49(62)78)30-14-13-29-67(6)43(4)76)69(8)53(82)37-74(35-34-68(7)44(5)77)54(83)38-73(33-28-64-50(79)18-12-11-17-48-55-47(39-88-48)65-59(87)66-55)52(81)24-27-63-51(80)19-15-16-45-20-22-46(23-21-45)72(31-25-60)32-26-61/h20-23,40-42,47-48,55H,11-19,24-39H2,1-10H3,(H2,62,78)(H,63,80)(H,64,79)(H2,65,66,87)/t40-,41-,42-,47?,48+,55?/m0/s1. The molecule has 26 nitrogen and oxygen atoms in total. The van der Waals surface area contributed by atoms with Gasteiger partial charge in [-0.3, -0.25) is 52.7 Å². The number of urea groups is 1. The summed E-state index contributed by atoms with van der Waals surface area (Å²) >= 11 is 13.7. The lowest BCUT2D eigenvalue weighted by molar-refractivity contribution is -0.152. The third-order valence-corrected chi connectivity index (χ3v) is 18.0. The molecule has 0 saturated carbocycles. The maximum atomic E-state index is 14.4. The molecule has 1 aromatic rings. The van der Waals surface area contributed by atoms with Gasteiger partial charge in [0.25, 0.3) is 0 Å². The van der Waals surface area contributed by atoms with Crippen LogP contribution in [0.2, 0.25) is 0 Å². The minimum Gasteiger partial charge on any atom is -0.369 e. The highest BCUT2D eigenvalue weighted by atomic mass is 35.5. The van der Waals surface area contributed by atoms with Crippen LogP contribution in [0, 0.1) is 0 Å². The van der Waals surface area contributed by atoms with Gasteiger partial charge in [0.2, 0.25) is 65.0 Å². The molecule has 0 bridgehead atoms. The first-order valence-electron chi connectivity index (χ1n) is 30.1. The zero-order valence-corrected chi connectivity index (χ0v) is 55.4. The number of halogens is 2. The van der Waals surface area contributed by atoms with Crippen LogP contribution in [-0.2, 0) is 59.2 Å². The van der Waals surface area contributed by atoms with Crippen LogP contribution in [0.4, 0.5) is 10.5 Å². The van der Waals surface area contributed by atoms with E-state index >= 15 is 0 Å². The second kappa shape index (κ2) is 38.7. The Hall–Kier alpha value is -6.61. The Morgan fingerprint density at radius 1 is 0.580 bits per heavy atom. The van der Waals surface area contributed by atoms with Crippen molar-refractivity contribution in [1.29, 1.82) is 0 Å². The number of carbonyl (C=O) groups is 12. The van der Waals surface area contributed by atoms with Gasteiger partial charge in [-0.2, -0.15) is 11.8 Å². The van der Waals surface area contributed by atoms with Crippen molar-refractivity contribution in [1.82, 2.24) is 60.5 Å². The second-order valence-corrected chi connectivity index (χ2v) is 24.6.